The maximum absolute atomic E-state index is 10.7. The molecule has 0 aromatic heterocycles. The number of carbonyl (C=O) groups is 1. The van der Waals surface area contributed by atoms with Crippen LogP contribution in [-0.4, -0.2) is 19.4 Å². The zero-order valence-electron chi connectivity index (χ0n) is 12.7. The molecule has 0 radical (unpaired) electrons. The topological polar surface area (TPSA) is 46.5 Å². The van der Waals surface area contributed by atoms with Gasteiger partial charge in [0.25, 0.3) is 0 Å². The van der Waals surface area contributed by atoms with Crippen LogP contribution >= 0.6 is 0 Å². The minimum atomic E-state index is -1.83. The first-order valence-corrected chi connectivity index (χ1v) is 9.44. The monoisotopic (exact) mass is 280 g/mol. The van der Waals surface area contributed by atoms with Gasteiger partial charge in [0.05, 0.1) is 6.42 Å². The standard InChI is InChI=1S/C15H24O3Si/c1-11-9-13(8-7-12(11)10-14(16)17)18-19(5,6)15(2,3)4/h7-9H,10H2,1-6H3,(H,16,17). The molecule has 0 aliphatic heterocycles. The predicted octanol–water partition coefficient (Wildman–Crippen LogP) is 4.01. The molecule has 106 valence electrons. The lowest BCUT2D eigenvalue weighted by Gasteiger charge is -2.36. The van der Waals surface area contributed by atoms with Gasteiger partial charge >= 0.3 is 5.97 Å². The maximum Gasteiger partial charge on any atom is 0.307 e. The zero-order valence-corrected chi connectivity index (χ0v) is 13.7. The molecule has 0 fully saturated rings. The molecule has 0 aliphatic rings. The molecular formula is C15H24O3Si. The van der Waals surface area contributed by atoms with Crippen LogP contribution in [-0.2, 0) is 11.2 Å². The van der Waals surface area contributed by atoms with Crippen LogP contribution in [0.2, 0.25) is 18.1 Å². The first-order valence-electron chi connectivity index (χ1n) is 6.53. The Labute approximate surface area is 116 Å². The molecule has 1 aromatic carbocycles. The lowest BCUT2D eigenvalue weighted by molar-refractivity contribution is -0.136. The third-order valence-corrected chi connectivity index (χ3v) is 8.19. The van der Waals surface area contributed by atoms with Crippen molar-refractivity contribution in [2.75, 3.05) is 0 Å². The lowest BCUT2D eigenvalue weighted by atomic mass is 10.1. The molecule has 0 aliphatic carbocycles. The fourth-order valence-electron chi connectivity index (χ4n) is 1.54. The summed E-state index contributed by atoms with van der Waals surface area (Å²) >= 11 is 0. The van der Waals surface area contributed by atoms with Crippen LogP contribution in [0.5, 0.6) is 5.75 Å². The van der Waals surface area contributed by atoms with Crippen molar-refractivity contribution in [1.82, 2.24) is 0 Å². The summed E-state index contributed by atoms with van der Waals surface area (Å²) in [6.45, 7) is 12.9. The normalized spacial score (nSPS) is 12.3. The van der Waals surface area contributed by atoms with E-state index in [0.717, 1.165) is 16.9 Å². The van der Waals surface area contributed by atoms with E-state index in [0.29, 0.717) is 0 Å². The quantitative estimate of drug-likeness (QED) is 0.848. The first-order chi connectivity index (χ1) is 8.53. The third kappa shape index (κ3) is 4.09. The second kappa shape index (κ2) is 5.37. The molecule has 19 heavy (non-hydrogen) atoms. The Kier molecular flexibility index (Phi) is 4.45. The summed E-state index contributed by atoms with van der Waals surface area (Å²) in [5.41, 5.74) is 1.81. The van der Waals surface area contributed by atoms with E-state index in [-0.39, 0.29) is 11.5 Å². The number of aryl methyl sites for hydroxylation is 1. The van der Waals surface area contributed by atoms with Crippen LogP contribution in [0.1, 0.15) is 31.9 Å². The molecule has 0 bridgehead atoms. The smallest absolute Gasteiger partial charge is 0.307 e. The van der Waals surface area contributed by atoms with Gasteiger partial charge in [-0.2, -0.15) is 0 Å². The largest absolute Gasteiger partial charge is 0.543 e. The van der Waals surface area contributed by atoms with Crippen LogP contribution in [0.4, 0.5) is 0 Å². The SMILES string of the molecule is Cc1cc(O[Si](C)(C)C(C)(C)C)ccc1CC(=O)O. The second-order valence-electron chi connectivity index (χ2n) is 6.52. The zero-order chi connectivity index (χ0) is 14.8. The van der Waals surface area contributed by atoms with Gasteiger partial charge in [-0.1, -0.05) is 26.8 Å². The van der Waals surface area contributed by atoms with Gasteiger partial charge in [-0.3, -0.25) is 4.79 Å². The first kappa shape index (κ1) is 15.8. The van der Waals surface area contributed by atoms with Crippen molar-refractivity contribution in [3.05, 3.63) is 29.3 Å². The Morgan fingerprint density at radius 3 is 2.32 bits per heavy atom. The van der Waals surface area contributed by atoms with Crippen molar-refractivity contribution in [1.29, 1.82) is 0 Å². The average Bonchev–Trinajstić information content (AvgIpc) is 2.19. The van der Waals surface area contributed by atoms with Crippen molar-refractivity contribution in [2.45, 2.75) is 52.2 Å². The van der Waals surface area contributed by atoms with E-state index in [2.05, 4.69) is 33.9 Å². The van der Waals surface area contributed by atoms with Gasteiger partial charge in [0.15, 0.2) is 0 Å². The number of carboxylic acids is 1. The Hall–Kier alpha value is -1.29. The van der Waals surface area contributed by atoms with Crippen molar-refractivity contribution < 1.29 is 14.3 Å². The summed E-state index contributed by atoms with van der Waals surface area (Å²) in [7, 11) is -1.83. The molecule has 0 spiro atoms. The van der Waals surface area contributed by atoms with E-state index in [1.54, 1.807) is 0 Å². The van der Waals surface area contributed by atoms with Crippen LogP contribution in [0, 0.1) is 6.92 Å². The van der Waals surface area contributed by atoms with Crippen molar-refractivity contribution in [3.63, 3.8) is 0 Å². The number of hydrogen-bond acceptors (Lipinski definition) is 2. The van der Waals surface area contributed by atoms with E-state index >= 15 is 0 Å². The molecular weight excluding hydrogens is 256 g/mol. The third-order valence-electron chi connectivity index (χ3n) is 3.83. The van der Waals surface area contributed by atoms with Gasteiger partial charge in [0, 0.05) is 0 Å². The Balaban J connectivity index is 2.93. The van der Waals surface area contributed by atoms with E-state index in [1.165, 1.54) is 0 Å². The molecule has 0 heterocycles. The molecule has 0 unspecified atom stereocenters. The summed E-state index contributed by atoms with van der Waals surface area (Å²) < 4.78 is 6.20. The van der Waals surface area contributed by atoms with E-state index < -0.39 is 14.3 Å². The number of rotatable bonds is 4. The van der Waals surface area contributed by atoms with Crippen molar-refractivity contribution >= 4 is 14.3 Å². The highest BCUT2D eigenvalue weighted by Crippen LogP contribution is 2.37. The summed E-state index contributed by atoms with van der Waals surface area (Å²) in [5.74, 6) is 0.0411. The van der Waals surface area contributed by atoms with Gasteiger partial charge < -0.3 is 9.53 Å². The molecule has 0 amide bonds. The van der Waals surface area contributed by atoms with Gasteiger partial charge in [-0.15, -0.1) is 0 Å². The summed E-state index contributed by atoms with van der Waals surface area (Å²) in [6, 6.07) is 5.68. The average molecular weight is 280 g/mol. The summed E-state index contributed by atoms with van der Waals surface area (Å²) in [5, 5.41) is 8.98. The van der Waals surface area contributed by atoms with Crippen LogP contribution < -0.4 is 4.43 Å². The van der Waals surface area contributed by atoms with Crippen LogP contribution in [0.25, 0.3) is 0 Å². The van der Waals surface area contributed by atoms with Gasteiger partial charge in [-0.25, -0.2) is 0 Å². The number of carboxylic acid groups (broad SMARTS) is 1. The second-order valence-corrected chi connectivity index (χ2v) is 11.2. The fourth-order valence-corrected chi connectivity index (χ4v) is 2.56. The molecule has 4 heteroatoms. The molecule has 0 atom stereocenters. The van der Waals surface area contributed by atoms with Gasteiger partial charge in [0.2, 0.25) is 8.32 Å². The molecule has 1 N–H and O–H groups in total. The van der Waals surface area contributed by atoms with Crippen molar-refractivity contribution in [2.24, 2.45) is 0 Å². The molecule has 0 saturated heterocycles. The molecule has 1 rings (SSSR count). The summed E-state index contributed by atoms with van der Waals surface area (Å²) in [4.78, 5) is 10.7. The van der Waals surface area contributed by atoms with Crippen LogP contribution in [0.3, 0.4) is 0 Å². The highest BCUT2D eigenvalue weighted by molar-refractivity contribution is 6.74. The Morgan fingerprint density at radius 1 is 1.32 bits per heavy atom. The predicted molar refractivity (Wildman–Crippen MR) is 80.3 cm³/mol. The minimum absolute atomic E-state index is 0.0617. The van der Waals surface area contributed by atoms with E-state index in [9.17, 15) is 4.79 Å². The van der Waals surface area contributed by atoms with Crippen molar-refractivity contribution in [3.8, 4) is 5.75 Å². The lowest BCUT2D eigenvalue weighted by Crippen LogP contribution is -2.43. The van der Waals surface area contributed by atoms with Gasteiger partial charge in [0.1, 0.15) is 5.75 Å². The Bertz CT molecular complexity index is 473. The minimum Gasteiger partial charge on any atom is -0.543 e. The van der Waals surface area contributed by atoms with Gasteiger partial charge in [-0.05, 0) is 48.3 Å². The van der Waals surface area contributed by atoms with E-state index in [4.69, 9.17) is 9.53 Å². The highest BCUT2D eigenvalue weighted by atomic mass is 28.4. The highest BCUT2D eigenvalue weighted by Gasteiger charge is 2.38. The number of hydrogen-bond donors (Lipinski definition) is 1. The summed E-state index contributed by atoms with van der Waals surface area (Å²) in [6.07, 6.45) is 0.0617. The Morgan fingerprint density at radius 2 is 1.89 bits per heavy atom. The fraction of sp³-hybridized carbons (Fsp3) is 0.533. The molecule has 0 saturated carbocycles. The number of aliphatic carboxylic acids is 1. The maximum atomic E-state index is 10.7. The van der Waals surface area contributed by atoms with Crippen LogP contribution in [0.15, 0.2) is 18.2 Å². The molecule has 1 aromatic rings. The number of benzene rings is 1. The van der Waals surface area contributed by atoms with E-state index in [1.807, 2.05) is 25.1 Å². The molecule has 3 nitrogen and oxygen atoms in total.